The molecule has 2 aromatic carbocycles. The molecule has 0 spiro atoms. The van der Waals surface area contributed by atoms with Crippen LogP contribution in [0, 0.1) is 12.8 Å². The Kier molecular flexibility index (Phi) is 6.76. The Hall–Kier alpha value is -2.58. The van der Waals surface area contributed by atoms with Gasteiger partial charge in [0, 0.05) is 19.6 Å². The van der Waals surface area contributed by atoms with E-state index in [1.165, 1.54) is 0 Å². The van der Waals surface area contributed by atoms with Gasteiger partial charge in [0.05, 0.1) is 17.7 Å². The van der Waals surface area contributed by atoms with Crippen LogP contribution in [0.5, 0.6) is 5.75 Å². The molecule has 0 aromatic heterocycles. The number of likely N-dealkylation sites (tertiary alicyclic amines) is 1. The molecule has 1 saturated heterocycles. The smallest absolute Gasteiger partial charge is 0.321 e. The second-order valence-corrected chi connectivity index (χ2v) is 9.00. The lowest BCUT2D eigenvalue weighted by Gasteiger charge is -2.32. The Morgan fingerprint density at radius 1 is 1.14 bits per heavy atom. The number of ether oxygens (including phenoxy) is 1. The fourth-order valence-electron chi connectivity index (χ4n) is 3.38. The first-order chi connectivity index (χ1) is 13.9. The zero-order valence-electron chi connectivity index (χ0n) is 16.7. The summed E-state index contributed by atoms with van der Waals surface area (Å²) in [7, 11) is -1.95. The van der Waals surface area contributed by atoms with Gasteiger partial charge < -0.3 is 15.0 Å². The first-order valence-corrected chi connectivity index (χ1v) is 11.1. The number of amides is 2. The number of benzene rings is 2. The first kappa shape index (κ1) is 21.1. The summed E-state index contributed by atoms with van der Waals surface area (Å²) >= 11 is 0. The molecule has 0 aliphatic carbocycles. The number of anilines is 1. The van der Waals surface area contributed by atoms with E-state index in [0.29, 0.717) is 31.1 Å². The number of aryl methyl sites for hydroxylation is 1. The van der Waals surface area contributed by atoms with Crippen molar-refractivity contribution in [3.05, 3.63) is 54.1 Å². The number of carbonyl (C=O) groups excluding carboxylic acids is 1. The van der Waals surface area contributed by atoms with Crippen LogP contribution in [0.1, 0.15) is 18.4 Å². The molecular weight excluding hydrogens is 390 g/mol. The molecule has 3 rings (SSSR count). The van der Waals surface area contributed by atoms with Crippen molar-refractivity contribution >= 4 is 21.7 Å². The third-order valence-electron chi connectivity index (χ3n) is 5.11. The van der Waals surface area contributed by atoms with Crippen molar-refractivity contribution in [3.63, 3.8) is 0 Å². The highest BCUT2D eigenvalue weighted by Crippen LogP contribution is 2.24. The standard InChI is InChI=1S/C21H27N3O4S/c1-16-6-5-7-18(14-16)29(26,27)22-15-17-10-12-24(13-11-17)21(25)23-19-8-3-4-9-20(19)28-2/h3-9,14,17,22H,10-13,15H2,1-2H3,(H,23,25). The number of nitrogens with zero attached hydrogens (tertiary/aromatic N) is 1. The van der Waals surface area contributed by atoms with Gasteiger partial charge in [0.25, 0.3) is 0 Å². The Labute approximate surface area is 172 Å². The minimum absolute atomic E-state index is 0.173. The molecule has 2 amide bonds. The van der Waals surface area contributed by atoms with Crippen LogP contribution in [0.15, 0.2) is 53.4 Å². The summed E-state index contributed by atoms with van der Waals surface area (Å²) in [5.41, 5.74) is 1.54. The van der Waals surface area contributed by atoms with E-state index in [2.05, 4.69) is 10.0 Å². The molecule has 156 valence electrons. The Morgan fingerprint density at radius 2 is 1.86 bits per heavy atom. The summed E-state index contributed by atoms with van der Waals surface area (Å²) in [6.07, 6.45) is 1.49. The number of sulfonamides is 1. The molecule has 0 bridgehead atoms. The van der Waals surface area contributed by atoms with Crippen molar-refractivity contribution in [3.8, 4) is 5.75 Å². The van der Waals surface area contributed by atoms with Gasteiger partial charge in [-0.1, -0.05) is 24.3 Å². The summed E-state index contributed by atoms with van der Waals surface area (Å²) in [5.74, 6) is 0.811. The largest absolute Gasteiger partial charge is 0.495 e. The average molecular weight is 418 g/mol. The van der Waals surface area contributed by atoms with Crippen molar-refractivity contribution in [2.75, 3.05) is 32.1 Å². The summed E-state index contributed by atoms with van der Waals surface area (Å²) in [4.78, 5) is 14.6. The highest BCUT2D eigenvalue weighted by Gasteiger charge is 2.25. The molecule has 0 radical (unpaired) electrons. The van der Waals surface area contributed by atoms with Gasteiger partial charge in [-0.05, 0) is 55.5 Å². The summed E-state index contributed by atoms with van der Waals surface area (Å²) in [5, 5.41) is 2.88. The first-order valence-electron chi connectivity index (χ1n) is 9.64. The fraction of sp³-hybridized carbons (Fsp3) is 0.381. The van der Waals surface area contributed by atoms with Crippen molar-refractivity contribution in [2.24, 2.45) is 5.92 Å². The molecule has 1 aliphatic rings. The van der Waals surface area contributed by atoms with Crippen molar-refractivity contribution in [1.29, 1.82) is 0 Å². The van der Waals surface area contributed by atoms with E-state index in [1.54, 1.807) is 42.3 Å². The van der Waals surface area contributed by atoms with E-state index >= 15 is 0 Å². The maximum absolute atomic E-state index is 12.5. The second-order valence-electron chi connectivity index (χ2n) is 7.23. The third kappa shape index (κ3) is 5.48. The molecule has 7 nitrogen and oxygen atoms in total. The third-order valence-corrected chi connectivity index (χ3v) is 6.53. The number of para-hydroxylation sites is 2. The number of hydrogen-bond acceptors (Lipinski definition) is 4. The molecule has 29 heavy (non-hydrogen) atoms. The van der Waals surface area contributed by atoms with Crippen LogP contribution in [0.4, 0.5) is 10.5 Å². The monoisotopic (exact) mass is 417 g/mol. The van der Waals surface area contributed by atoms with E-state index in [9.17, 15) is 13.2 Å². The molecule has 0 saturated carbocycles. The highest BCUT2D eigenvalue weighted by atomic mass is 32.2. The van der Waals surface area contributed by atoms with Crippen LogP contribution in [0.2, 0.25) is 0 Å². The zero-order valence-corrected chi connectivity index (χ0v) is 17.5. The number of rotatable bonds is 6. The molecule has 1 aliphatic heterocycles. The summed E-state index contributed by atoms with van der Waals surface area (Å²) < 4.78 is 32.9. The van der Waals surface area contributed by atoms with Gasteiger partial charge in [-0.3, -0.25) is 0 Å². The van der Waals surface area contributed by atoms with E-state index < -0.39 is 10.0 Å². The highest BCUT2D eigenvalue weighted by molar-refractivity contribution is 7.89. The minimum Gasteiger partial charge on any atom is -0.495 e. The Bertz CT molecular complexity index is 954. The van der Waals surface area contributed by atoms with E-state index in [4.69, 9.17) is 4.74 Å². The maximum Gasteiger partial charge on any atom is 0.321 e. The number of urea groups is 1. The van der Waals surface area contributed by atoms with Crippen molar-refractivity contribution in [1.82, 2.24) is 9.62 Å². The summed E-state index contributed by atoms with van der Waals surface area (Å²) in [6.45, 7) is 3.40. The minimum atomic E-state index is -3.52. The number of nitrogens with one attached hydrogen (secondary N) is 2. The number of methoxy groups -OCH3 is 1. The van der Waals surface area contributed by atoms with Crippen LogP contribution in [0.25, 0.3) is 0 Å². The van der Waals surface area contributed by atoms with Gasteiger partial charge in [-0.15, -0.1) is 0 Å². The van der Waals surface area contributed by atoms with Crippen LogP contribution < -0.4 is 14.8 Å². The molecule has 0 unspecified atom stereocenters. The van der Waals surface area contributed by atoms with E-state index in [0.717, 1.165) is 18.4 Å². The van der Waals surface area contributed by atoms with E-state index in [-0.39, 0.29) is 16.8 Å². The Balaban J connectivity index is 1.49. The van der Waals surface area contributed by atoms with Crippen molar-refractivity contribution < 1.29 is 17.9 Å². The summed E-state index contributed by atoms with van der Waals surface area (Å²) in [6, 6.07) is 14.0. The fourth-order valence-corrected chi connectivity index (χ4v) is 4.60. The molecule has 0 atom stereocenters. The molecular formula is C21H27N3O4S. The average Bonchev–Trinajstić information content (AvgIpc) is 2.73. The van der Waals surface area contributed by atoms with Crippen LogP contribution in [-0.4, -0.2) is 46.1 Å². The van der Waals surface area contributed by atoms with Gasteiger partial charge in [0.2, 0.25) is 10.0 Å². The molecule has 2 aromatic rings. The van der Waals surface area contributed by atoms with Crippen molar-refractivity contribution in [2.45, 2.75) is 24.7 Å². The number of carbonyl (C=O) groups is 1. The quantitative estimate of drug-likeness (QED) is 0.755. The lowest BCUT2D eigenvalue weighted by molar-refractivity contribution is 0.183. The SMILES string of the molecule is COc1ccccc1NC(=O)N1CCC(CNS(=O)(=O)c2cccc(C)c2)CC1. The van der Waals surface area contributed by atoms with Gasteiger partial charge in [-0.25, -0.2) is 17.9 Å². The van der Waals surface area contributed by atoms with Gasteiger partial charge in [0.1, 0.15) is 5.75 Å². The lowest BCUT2D eigenvalue weighted by atomic mass is 9.97. The van der Waals surface area contributed by atoms with Gasteiger partial charge in [0.15, 0.2) is 0 Å². The number of hydrogen-bond donors (Lipinski definition) is 2. The van der Waals surface area contributed by atoms with E-state index in [1.807, 2.05) is 25.1 Å². The van der Waals surface area contributed by atoms with Gasteiger partial charge in [-0.2, -0.15) is 0 Å². The molecule has 8 heteroatoms. The maximum atomic E-state index is 12.5. The lowest BCUT2D eigenvalue weighted by Crippen LogP contribution is -2.43. The normalized spacial score (nSPS) is 15.2. The Morgan fingerprint density at radius 3 is 2.55 bits per heavy atom. The molecule has 1 fully saturated rings. The van der Waals surface area contributed by atoms with Crippen LogP contribution in [-0.2, 0) is 10.0 Å². The topological polar surface area (TPSA) is 87.7 Å². The van der Waals surface area contributed by atoms with Crippen LogP contribution >= 0.6 is 0 Å². The molecule has 2 N–H and O–H groups in total. The second kappa shape index (κ2) is 9.28. The predicted octanol–water partition coefficient (Wildman–Crippen LogP) is 3.23. The van der Waals surface area contributed by atoms with Crippen LogP contribution in [0.3, 0.4) is 0 Å². The zero-order chi connectivity index (χ0) is 20.9. The predicted molar refractivity (Wildman–Crippen MR) is 113 cm³/mol. The molecule has 1 heterocycles. The number of piperidine rings is 1. The van der Waals surface area contributed by atoms with Gasteiger partial charge >= 0.3 is 6.03 Å².